The van der Waals surface area contributed by atoms with Crippen molar-refractivity contribution in [1.29, 1.82) is 0 Å². The molecule has 1 amide bonds. The van der Waals surface area contributed by atoms with Crippen LogP contribution in [0.1, 0.15) is 44.1 Å². The minimum atomic E-state index is -0.711. The lowest BCUT2D eigenvalue weighted by atomic mass is 10.0. The average molecular weight is 472 g/mol. The Morgan fingerprint density at radius 1 is 1.00 bits per heavy atom. The Kier molecular flexibility index (Phi) is 6.95. The lowest BCUT2D eigenvalue weighted by molar-refractivity contribution is -0.124. The molecule has 0 radical (unpaired) electrons. The molecule has 0 aliphatic carbocycles. The topological polar surface area (TPSA) is 72.5 Å². The number of hydrogen-bond donors (Lipinski definition) is 1. The van der Waals surface area contributed by atoms with Crippen LogP contribution >= 0.6 is 27.3 Å². The fraction of sp³-hybridized carbons (Fsp3) is 0.136. The SMILES string of the molecule is CC(NC(=O)COC(=O)c1ccccc1C(=O)c1cccs1)c1ccc(Br)cc1. The summed E-state index contributed by atoms with van der Waals surface area (Å²) in [6.07, 6.45) is 0. The first-order valence-corrected chi connectivity index (χ1v) is 10.5. The predicted molar refractivity (Wildman–Crippen MR) is 115 cm³/mol. The Morgan fingerprint density at radius 2 is 1.69 bits per heavy atom. The zero-order valence-corrected chi connectivity index (χ0v) is 18.0. The van der Waals surface area contributed by atoms with E-state index in [4.69, 9.17) is 4.74 Å². The maximum Gasteiger partial charge on any atom is 0.339 e. The number of carbonyl (C=O) groups excluding carboxylic acids is 3. The molecule has 1 N–H and O–H groups in total. The molecule has 1 aromatic heterocycles. The van der Waals surface area contributed by atoms with Gasteiger partial charge >= 0.3 is 5.97 Å². The van der Waals surface area contributed by atoms with Gasteiger partial charge in [-0.25, -0.2) is 4.79 Å². The molecule has 1 atom stereocenters. The van der Waals surface area contributed by atoms with E-state index in [0.29, 0.717) is 4.88 Å². The third-order valence-electron chi connectivity index (χ3n) is 4.22. The van der Waals surface area contributed by atoms with Crippen LogP contribution in [-0.4, -0.2) is 24.3 Å². The quantitative estimate of drug-likeness (QED) is 0.397. The first kappa shape index (κ1) is 21.0. The fourth-order valence-corrected chi connectivity index (χ4v) is 3.67. The van der Waals surface area contributed by atoms with Crippen molar-refractivity contribution in [2.45, 2.75) is 13.0 Å². The maximum atomic E-state index is 12.6. The molecular weight excluding hydrogens is 454 g/mol. The summed E-state index contributed by atoms with van der Waals surface area (Å²) < 4.78 is 6.10. The Morgan fingerprint density at radius 3 is 2.34 bits per heavy atom. The van der Waals surface area contributed by atoms with Gasteiger partial charge in [0.1, 0.15) is 0 Å². The number of hydrogen-bond acceptors (Lipinski definition) is 5. The number of ether oxygens (including phenoxy) is 1. The summed E-state index contributed by atoms with van der Waals surface area (Å²) in [6.45, 7) is 1.42. The van der Waals surface area contributed by atoms with Gasteiger partial charge in [0.15, 0.2) is 6.61 Å². The summed E-state index contributed by atoms with van der Waals surface area (Å²) in [5, 5.41) is 4.58. The Labute approximate surface area is 180 Å². The molecule has 29 heavy (non-hydrogen) atoms. The summed E-state index contributed by atoms with van der Waals surface area (Å²) in [6, 6.07) is 17.2. The van der Waals surface area contributed by atoms with Gasteiger partial charge in [-0.05, 0) is 42.1 Å². The van der Waals surface area contributed by atoms with Crippen LogP contribution in [0.25, 0.3) is 0 Å². The van der Waals surface area contributed by atoms with Crippen molar-refractivity contribution in [3.63, 3.8) is 0 Å². The van der Waals surface area contributed by atoms with Crippen LogP contribution in [0.15, 0.2) is 70.5 Å². The summed E-state index contributed by atoms with van der Waals surface area (Å²) in [5.41, 5.74) is 1.32. The van der Waals surface area contributed by atoms with E-state index in [1.54, 1.807) is 35.7 Å². The number of nitrogens with one attached hydrogen (secondary N) is 1. The van der Waals surface area contributed by atoms with Crippen LogP contribution in [0.5, 0.6) is 0 Å². The van der Waals surface area contributed by atoms with Crippen molar-refractivity contribution >= 4 is 44.9 Å². The Hall–Kier alpha value is -2.77. The highest BCUT2D eigenvalue weighted by atomic mass is 79.9. The molecule has 0 aliphatic heterocycles. The van der Waals surface area contributed by atoms with E-state index in [0.717, 1.165) is 10.0 Å². The molecule has 148 valence electrons. The number of amides is 1. The molecule has 0 spiro atoms. The summed E-state index contributed by atoms with van der Waals surface area (Å²) in [7, 11) is 0. The maximum absolute atomic E-state index is 12.6. The minimum Gasteiger partial charge on any atom is -0.452 e. The molecule has 0 saturated heterocycles. The van der Waals surface area contributed by atoms with Crippen molar-refractivity contribution in [3.8, 4) is 0 Å². The van der Waals surface area contributed by atoms with Crippen molar-refractivity contribution in [2.75, 3.05) is 6.61 Å². The van der Waals surface area contributed by atoms with Crippen molar-refractivity contribution in [2.24, 2.45) is 0 Å². The zero-order chi connectivity index (χ0) is 20.8. The number of halogens is 1. The van der Waals surface area contributed by atoms with Gasteiger partial charge < -0.3 is 10.1 Å². The number of benzene rings is 2. The first-order valence-electron chi connectivity index (χ1n) is 8.85. The van der Waals surface area contributed by atoms with Crippen molar-refractivity contribution in [3.05, 3.63) is 92.1 Å². The van der Waals surface area contributed by atoms with Gasteiger partial charge in [0.2, 0.25) is 5.78 Å². The van der Waals surface area contributed by atoms with Crippen molar-refractivity contribution in [1.82, 2.24) is 5.32 Å². The summed E-state index contributed by atoms with van der Waals surface area (Å²) >= 11 is 4.67. The van der Waals surface area contributed by atoms with Gasteiger partial charge in [0.05, 0.1) is 16.5 Å². The molecule has 0 bridgehead atoms. The zero-order valence-electron chi connectivity index (χ0n) is 15.6. The smallest absolute Gasteiger partial charge is 0.339 e. The third kappa shape index (κ3) is 5.40. The van der Waals surface area contributed by atoms with Crippen LogP contribution in [0.3, 0.4) is 0 Å². The van der Waals surface area contributed by atoms with Gasteiger partial charge in [-0.15, -0.1) is 11.3 Å². The van der Waals surface area contributed by atoms with Gasteiger partial charge in [-0.1, -0.05) is 52.3 Å². The van der Waals surface area contributed by atoms with Gasteiger partial charge in [-0.2, -0.15) is 0 Å². The lowest BCUT2D eigenvalue weighted by Gasteiger charge is -2.15. The highest BCUT2D eigenvalue weighted by Gasteiger charge is 2.20. The molecule has 1 unspecified atom stereocenters. The molecule has 2 aromatic carbocycles. The van der Waals surface area contributed by atoms with Gasteiger partial charge in [-0.3, -0.25) is 9.59 Å². The molecule has 5 nitrogen and oxygen atoms in total. The van der Waals surface area contributed by atoms with Crippen LogP contribution in [0.2, 0.25) is 0 Å². The van der Waals surface area contributed by atoms with Crippen LogP contribution < -0.4 is 5.32 Å². The van der Waals surface area contributed by atoms with E-state index in [2.05, 4.69) is 21.2 Å². The van der Waals surface area contributed by atoms with Gasteiger partial charge in [0.25, 0.3) is 5.91 Å². The average Bonchev–Trinajstić information content (AvgIpc) is 3.27. The second kappa shape index (κ2) is 9.62. The second-order valence-corrected chi connectivity index (χ2v) is 8.13. The van der Waals surface area contributed by atoms with Crippen LogP contribution in [-0.2, 0) is 9.53 Å². The third-order valence-corrected chi connectivity index (χ3v) is 5.62. The monoisotopic (exact) mass is 471 g/mol. The Bertz CT molecular complexity index is 1020. The number of thiophene rings is 1. The van der Waals surface area contributed by atoms with Gasteiger partial charge in [0, 0.05) is 10.0 Å². The predicted octanol–water partition coefficient (Wildman–Crippen LogP) is 4.78. The van der Waals surface area contributed by atoms with E-state index in [9.17, 15) is 14.4 Å². The van der Waals surface area contributed by atoms with E-state index in [-0.39, 0.29) is 23.0 Å². The van der Waals surface area contributed by atoms with E-state index >= 15 is 0 Å². The molecule has 0 saturated carbocycles. The van der Waals surface area contributed by atoms with E-state index in [1.165, 1.54) is 17.4 Å². The molecule has 7 heteroatoms. The van der Waals surface area contributed by atoms with E-state index in [1.807, 2.05) is 31.2 Å². The standard InChI is InChI=1S/C22H18BrNO4S/c1-14(15-8-10-16(23)11-9-15)24-20(25)13-28-22(27)18-6-3-2-5-17(18)21(26)19-7-4-12-29-19/h2-12,14H,13H2,1H3,(H,24,25). The minimum absolute atomic E-state index is 0.139. The first-order chi connectivity index (χ1) is 14.0. The number of carbonyl (C=O) groups is 3. The normalized spacial score (nSPS) is 11.5. The summed E-state index contributed by atoms with van der Waals surface area (Å²) in [5.74, 6) is -1.38. The van der Waals surface area contributed by atoms with Crippen LogP contribution in [0.4, 0.5) is 0 Å². The molecule has 3 rings (SSSR count). The van der Waals surface area contributed by atoms with E-state index < -0.39 is 18.5 Å². The molecule has 0 fully saturated rings. The number of ketones is 1. The highest BCUT2D eigenvalue weighted by Crippen LogP contribution is 2.19. The van der Waals surface area contributed by atoms with Crippen LogP contribution in [0, 0.1) is 0 Å². The molecule has 3 aromatic rings. The van der Waals surface area contributed by atoms with Crippen molar-refractivity contribution < 1.29 is 19.1 Å². The lowest BCUT2D eigenvalue weighted by Crippen LogP contribution is -2.31. The highest BCUT2D eigenvalue weighted by molar-refractivity contribution is 9.10. The molecule has 0 aliphatic rings. The second-order valence-electron chi connectivity index (χ2n) is 6.27. The summed E-state index contributed by atoms with van der Waals surface area (Å²) in [4.78, 5) is 37.8. The number of esters is 1. The fourth-order valence-electron chi connectivity index (χ4n) is 2.73. The molecule has 1 heterocycles. The largest absolute Gasteiger partial charge is 0.452 e. The molecular formula is C22H18BrNO4S. The number of rotatable bonds is 7. The Balaban J connectivity index is 1.61.